The molecule has 1 aromatic rings. The molecular formula is C17H22N2O. The molecule has 3 nitrogen and oxygen atoms in total. The van der Waals surface area contributed by atoms with Crippen LogP contribution in [-0.4, -0.2) is 23.9 Å². The van der Waals surface area contributed by atoms with E-state index >= 15 is 0 Å². The Morgan fingerprint density at radius 3 is 2.45 bits per heavy atom. The van der Waals surface area contributed by atoms with Crippen LogP contribution in [-0.2, 0) is 10.2 Å². The zero-order valence-electron chi connectivity index (χ0n) is 12.3. The molecule has 1 saturated heterocycles. The van der Waals surface area contributed by atoms with Crippen molar-refractivity contribution in [2.45, 2.75) is 38.5 Å². The molecule has 0 atom stereocenters. The maximum atomic E-state index is 12.4. The highest BCUT2D eigenvalue weighted by Crippen LogP contribution is 2.28. The van der Waals surface area contributed by atoms with E-state index in [0.29, 0.717) is 6.42 Å². The first kappa shape index (κ1) is 14.6. The van der Waals surface area contributed by atoms with Crippen molar-refractivity contribution in [3.8, 4) is 6.07 Å². The van der Waals surface area contributed by atoms with Crippen LogP contribution in [0.15, 0.2) is 30.3 Å². The van der Waals surface area contributed by atoms with Gasteiger partial charge in [0.15, 0.2) is 0 Å². The van der Waals surface area contributed by atoms with Crippen molar-refractivity contribution in [3.05, 3.63) is 35.9 Å². The van der Waals surface area contributed by atoms with Gasteiger partial charge in [-0.2, -0.15) is 5.26 Å². The number of carbonyl (C=O) groups is 1. The maximum absolute atomic E-state index is 12.4. The lowest BCUT2D eigenvalue weighted by Gasteiger charge is -2.33. The minimum absolute atomic E-state index is 0.126. The molecule has 0 aliphatic carbocycles. The number of nitrogens with zero attached hydrogens (tertiary/aromatic N) is 2. The number of rotatable bonds is 3. The van der Waals surface area contributed by atoms with Gasteiger partial charge in [-0.25, -0.2) is 0 Å². The summed E-state index contributed by atoms with van der Waals surface area (Å²) in [6, 6.07) is 12.5. The number of benzene rings is 1. The quantitative estimate of drug-likeness (QED) is 0.847. The lowest BCUT2D eigenvalue weighted by Crippen LogP contribution is -2.40. The summed E-state index contributed by atoms with van der Waals surface area (Å²) >= 11 is 0. The number of likely N-dealkylation sites (tertiary alicyclic amines) is 1. The van der Waals surface area contributed by atoms with Crippen molar-refractivity contribution >= 4 is 5.91 Å². The van der Waals surface area contributed by atoms with Crippen LogP contribution < -0.4 is 0 Å². The normalized spacial score (nSPS) is 16.8. The van der Waals surface area contributed by atoms with Crippen LogP contribution in [0, 0.1) is 17.2 Å². The van der Waals surface area contributed by atoms with Crippen LogP contribution in [0.2, 0.25) is 0 Å². The molecule has 3 heteroatoms. The van der Waals surface area contributed by atoms with Gasteiger partial charge in [-0.3, -0.25) is 4.79 Å². The molecule has 0 spiro atoms. The monoisotopic (exact) mass is 270 g/mol. The van der Waals surface area contributed by atoms with Gasteiger partial charge in [0.2, 0.25) is 5.91 Å². The summed E-state index contributed by atoms with van der Waals surface area (Å²) in [7, 11) is 0. The zero-order valence-corrected chi connectivity index (χ0v) is 12.3. The highest BCUT2D eigenvalue weighted by atomic mass is 16.2. The van der Waals surface area contributed by atoms with E-state index < -0.39 is 0 Å². The predicted molar refractivity (Wildman–Crippen MR) is 79.0 cm³/mol. The van der Waals surface area contributed by atoms with Crippen molar-refractivity contribution in [2.75, 3.05) is 13.1 Å². The summed E-state index contributed by atoms with van der Waals surface area (Å²) in [4.78, 5) is 14.3. The summed E-state index contributed by atoms with van der Waals surface area (Å²) in [5.41, 5.74) is 1.05. The second-order valence-electron chi connectivity index (χ2n) is 6.21. The van der Waals surface area contributed by atoms with Crippen molar-refractivity contribution in [1.29, 1.82) is 5.26 Å². The number of nitriles is 1. The predicted octanol–water partition coefficient (Wildman–Crippen LogP) is 3.12. The van der Waals surface area contributed by atoms with E-state index in [4.69, 9.17) is 5.26 Å². The van der Waals surface area contributed by atoms with Gasteiger partial charge in [-0.1, -0.05) is 44.2 Å². The van der Waals surface area contributed by atoms with E-state index in [1.54, 1.807) is 0 Å². The van der Waals surface area contributed by atoms with Crippen molar-refractivity contribution < 1.29 is 4.79 Å². The fraction of sp³-hybridized carbons (Fsp3) is 0.529. The molecule has 20 heavy (non-hydrogen) atoms. The van der Waals surface area contributed by atoms with Crippen LogP contribution in [0.5, 0.6) is 0 Å². The Kier molecular flexibility index (Phi) is 4.44. The molecule has 0 radical (unpaired) electrons. The fourth-order valence-electron chi connectivity index (χ4n) is 2.74. The average Bonchev–Trinajstić information content (AvgIpc) is 2.48. The third kappa shape index (κ3) is 3.39. The highest BCUT2D eigenvalue weighted by molar-refractivity contribution is 5.77. The van der Waals surface area contributed by atoms with Crippen molar-refractivity contribution in [1.82, 2.24) is 4.90 Å². The molecule has 1 heterocycles. The molecule has 1 aliphatic heterocycles. The molecule has 0 unspecified atom stereocenters. The largest absolute Gasteiger partial charge is 0.343 e. The molecule has 2 rings (SSSR count). The number of hydrogen-bond donors (Lipinski definition) is 0. The van der Waals surface area contributed by atoms with Crippen molar-refractivity contribution in [2.24, 2.45) is 5.92 Å². The van der Waals surface area contributed by atoms with Crippen LogP contribution in [0.3, 0.4) is 0 Å². The molecule has 0 saturated carbocycles. The van der Waals surface area contributed by atoms with Crippen LogP contribution >= 0.6 is 0 Å². The Bertz CT molecular complexity index is 493. The lowest BCUT2D eigenvalue weighted by molar-refractivity contribution is -0.133. The smallest absolute Gasteiger partial charge is 0.223 e. The topological polar surface area (TPSA) is 44.1 Å². The number of carbonyl (C=O) groups excluding carboxylic acids is 1. The number of hydrogen-bond acceptors (Lipinski definition) is 2. The van der Waals surface area contributed by atoms with Gasteiger partial charge in [-0.05, 0) is 23.8 Å². The Hall–Kier alpha value is -1.82. The van der Waals surface area contributed by atoms with Gasteiger partial charge in [0.25, 0.3) is 0 Å². The van der Waals surface area contributed by atoms with Crippen LogP contribution in [0.25, 0.3) is 0 Å². The molecule has 0 bridgehead atoms. The van der Waals surface area contributed by atoms with Crippen LogP contribution in [0.4, 0.5) is 0 Å². The average molecular weight is 270 g/mol. The second-order valence-corrected chi connectivity index (χ2v) is 6.21. The maximum Gasteiger partial charge on any atom is 0.223 e. The summed E-state index contributed by atoms with van der Waals surface area (Å²) in [6.07, 6.45) is 2.15. The standard InChI is InChI=1S/C17H22N2O/c1-17(2,15-6-4-3-5-7-15)12-16(20)19-10-8-14(13-18)9-11-19/h3-7,14H,8-12H2,1-2H3. The Labute approximate surface area is 121 Å². The van der Waals surface area contributed by atoms with Gasteiger partial charge in [0, 0.05) is 25.4 Å². The molecular weight excluding hydrogens is 248 g/mol. The summed E-state index contributed by atoms with van der Waals surface area (Å²) in [6.45, 7) is 5.67. The molecule has 106 valence electrons. The van der Waals surface area contributed by atoms with Gasteiger partial charge in [-0.15, -0.1) is 0 Å². The Morgan fingerprint density at radius 2 is 1.90 bits per heavy atom. The van der Waals surface area contributed by atoms with E-state index in [2.05, 4.69) is 32.0 Å². The minimum Gasteiger partial charge on any atom is -0.343 e. The van der Waals surface area contributed by atoms with E-state index in [9.17, 15) is 4.79 Å². The first-order chi connectivity index (χ1) is 9.53. The molecule has 0 aromatic heterocycles. The van der Waals surface area contributed by atoms with E-state index in [-0.39, 0.29) is 17.2 Å². The van der Waals surface area contributed by atoms with E-state index in [0.717, 1.165) is 25.9 Å². The summed E-state index contributed by atoms with van der Waals surface area (Å²) in [5.74, 6) is 0.330. The first-order valence-electron chi connectivity index (χ1n) is 7.26. The van der Waals surface area contributed by atoms with E-state index in [1.807, 2.05) is 23.1 Å². The first-order valence-corrected chi connectivity index (χ1v) is 7.26. The Morgan fingerprint density at radius 1 is 1.30 bits per heavy atom. The molecule has 1 amide bonds. The minimum atomic E-state index is -0.148. The van der Waals surface area contributed by atoms with Gasteiger partial charge in [0.05, 0.1) is 6.07 Å². The third-order valence-electron chi connectivity index (χ3n) is 4.18. The second kappa shape index (κ2) is 6.09. The fourth-order valence-corrected chi connectivity index (χ4v) is 2.74. The summed E-state index contributed by atoms with van der Waals surface area (Å²) < 4.78 is 0. The van der Waals surface area contributed by atoms with Gasteiger partial charge >= 0.3 is 0 Å². The Balaban J connectivity index is 1.96. The molecule has 0 N–H and O–H groups in total. The highest BCUT2D eigenvalue weighted by Gasteiger charge is 2.29. The molecule has 1 aliphatic rings. The van der Waals surface area contributed by atoms with Crippen LogP contribution in [0.1, 0.15) is 38.7 Å². The number of amides is 1. The van der Waals surface area contributed by atoms with Gasteiger partial charge < -0.3 is 4.90 Å². The van der Waals surface area contributed by atoms with Gasteiger partial charge in [0.1, 0.15) is 0 Å². The third-order valence-corrected chi connectivity index (χ3v) is 4.18. The SMILES string of the molecule is CC(C)(CC(=O)N1CCC(C#N)CC1)c1ccccc1. The zero-order chi connectivity index (χ0) is 14.6. The summed E-state index contributed by atoms with van der Waals surface area (Å²) in [5, 5.41) is 8.90. The number of piperidine rings is 1. The molecule has 1 aromatic carbocycles. The van der Waals surface area contributed by atoms with Crippen molar-refractivity contribution in [3.63, 3.8) is 0 Å². The lowest BCUT2D eigenvalue weighted by atomic mass is 9.81. The van der Waals surface area contributed by atoms with E-state index in [1.165, 1.54) is 5.56 Å². The molecule has 1 fully saturated rings.